The molecule has 94 valence electrons. The summed E-state index contributed by atoms with van der Waals surface area (Å²) < 4.78 is 10.4. The van der Waals surface area contributed by atoms with E-state index in [1.807, 2.05) is 0 Å². The minimum atomic E-state index is -0.856. The Morgan fingerprint density at radius 3 is 2.29 bits per heavy atom. The average Bonchev–Trinajstić information content (AvgIpc) is 3.09. The maximum absolute atomic E-state index is 12.4. The van der Waals surface area contributed by atoms with Gasteiger partial charge in [-0.2, -0.15) is 0 Å². The fourth-order valence-corrected chi connectivity index (χ4v) is 2.91. The van der Waals surface area contributed by atoms with Gasteiger partial charge in [0.1, 0.15) is 5.41 Å². The number of hydrogen-bond donors (Lipinski definition) is 0. The largest absolute Gasteiger partial charge is 0.468 e. The number of morpholine rings is 1. The van der Waals surface area contributed by atoms with Crippen LogP contribution in [0.15, 0.2) is 0 Å². The van der Waals surface area contributed by atoms with Crippen molar-refractivity contribution >= 4 is 11.9 Å². The molecule has 5 nitrogen and oxygen atoms in total. The van der Waals surface area contributed by atoms with Gasteiger partial charge in [0, 0.05) is 13.1 Å². The molecule has 0 aromatic rings. The molecule has 2 saturated heterocycles. The van der Waals surface area contributed by atoms with Gasteiger partial charge < -0.3 is 14.4 Å². The van der Waals surface area contributed by atoms with Crippen LogP contribution in [0, 0.1) is 5.41 Å². The van der Waals surface area contributed by atoms with Gasteiger partial charge in [-0.05, 0) is 25.7 Å². The predicted molar refractivity (Wildman–Crippen MR) is 58.2 cm³/mol. The van der Waals surface area contributed by atoms with Crippen LogP contribution in [-0.2, 0) is 19.1 Å². The number of ether oxygens (including phenoxy) is 2. The number of rotatable bonds is 2. The molecule has 1 amide bonds. The van der Waals surface area contributed by atoms with Crippen LogP contribution in [0.25, 0.3) is 0 Å². The third kappa shape index (κ3) is 1.64. The molecule has 0 aromatic carbocycles. The Balaban J connectivity index is 1.72. The first-order chi connectivity index (χ1) is 8.15. The quantitative estimate of drug-likeness (QED) is 0.514. The summed E-state index contributed by atoms with van der Waals surface area (Å²) >= 11 is 0. The molecule has 0 spiro atoms. The van der Waals surface area contributed by atoms with Crippen molar-refractivity contribution in [2.45, 2.75) is 37.9 Å². The van der Waals surface area contributed by atoms with Crippen LogP contribution in [0.1, 0.15) is 25.7 Å². The molecule has 2 unspecified atom stereocenters. The van der Waals surface area contributed by atoms with Gasteiger partial charge in [-0.1, -0.05) is 0 Å². The Kier molecular flexibility index (Phi) is 2.40. The lowest BCUT2D eigenvalue weighted by molar-refractivity contribution is -0.159. The van der Waals surface area contributed by atoms with Crippen LogP contribution in [-0.4, -0.2) is 49.2 Å². The van der Waals surface area contributed by atoms with E-state index in [0.29, 0.717) is 25.9 Å². The van der Waals surface area contributed by atoms with Gasteiger partial charge in [0.2, 0.25) is 5.91 Å². The van der Waals surface area contributed by atoms with E-state index in [2.05, 4.69) is 0 Å². The van der Waals surface area contributed by atoms with Crippen molar-refractivity contribution in [2.75, 3.05) is 20.2 Å². The third-order valence-electron chi connectivity index (χ3n) is 4.07. The van der Waals surface area contributed by atoms with Crippen molar-refractivity contribution in [1.29, 1.82) is 0 Å². The first kappa shape index (κ1) is 11.0. The monoisotopic (exact) mass is 239 g/mol. The van der Waals surface area contributed by atoms with Gasteiger partial charge in [-0.15, -0.1) is 0 Å². The van der Waals surface area contributed by atoms with Crippen molar-refractivity contribution < 1.29 is 19.1 Å². The van der Waals surface area contributed by atoms with Crippen molar-refractivity contribution in [3.63, 3.8) is 0 Å². The van der Waals surface area contributed by atoms with Crippen LogP contribution in [0.5, 0.6) is 0 Å². The average molecular weight is 239 g/mol. The summed E-state index contributed by atoms with van der Waals surface area (Å²) in [7, 11) is 1.35. The zero-order valence-electron chi connectivity index (χ0n) is 9.98. The van der Waals surface area contributed by atoms with E-state index in [9.17, 15) is 9.59 Å². The molecule has 2 bridgehead atoms. The fourth-order valence-electron chi connectivity index (χ4n) is 2.91. The maximum atomic E-state index is 12.4. The summed E-state index contributed by atoms with van der Waals surface area (Å²) in [5.41, 5.74) is -0.856. The molecule has 2 aliphatic heterocycles. The van der Waals surface area contributed by atoms with Gasteiger partial charge >= 0.3 is 5.97 Å². The number of nitrogens with zero attached hydrogens (tertiary/aromatic N) is 1. The Morgan fingerprint density at radius 1 is 1.24 bits per heavy atom. The van der Waals surface area contributed by atoms with Gasteiger partial charge in [0.25, 0.3) is 0 Å². The topological polar surface area (TPSA) is 55.8 Å². The SMILES string of the molecule is COC(=O)C1(C(=O)N2CC3CCC(C2)O3)CC1. The zero-order valence-corrected chi connectivity index (χ0v) is 9.98. The van der Waals surface area contributed by atoms with E-state index in [1.165, 1.54) is 7.11 Å². The molecule has 1 saturated carbocycles. The number of methoxy groups -OCH3 is 1. The molecule has 2 atom stereocenters. The highest BCUT2D eigenvalue weighted by atomic mass is 16.5. The zero-order chi connectivity index (χ0) is 12.0. The Labute approximate surface area is 100 Å². The molecule has 0 radical (unpaired) electrons. The van der Waals surface area contributed by atoms with Crippen molar-refractivity contribution in [3.05, 3.63) is 0 Å². The summed E-state index contributed by atoms with van der Waals surface area (Å²) in [5, 5.41) is 0. The number of amides is 1. The number of carbonyl (C=O) groups excluding carboxylic acids is 2. The molecule has 3 fully saturated rings. The van der Waals surface area contributed by atoms with Crippen LogP contribution in [0.3, 0.4) is 0 Å². The van der Waals surface area contributed by atoms with Crippen LogP contribution in [0.4, 0.5) is 0 Å². The van der Waals surface area contributed by atoms with E-state index in [-0.39, 0.29) is 24.1 Å². The Bertz CT molecular complexity index is 352. The minimum absolute atomic E-state index is 0.0513. The van der Waals surface area contributed by atoms with E-state index < -0.39 is 5.41 Å². The molecule has 3 aliphatic rings. The van der Waals surface area contributed by atoms with E-state index >= 15 is 0 Å². The highest BCUT2D eigenvalue weighted by Crippen LogP contribution is 2.49. The number of likely N-dealkylation sites (tertiary alicyclic amines) is 1. The molecule has 0 N–H and O–H groups in total. The molecule has 5 heteroatoms. The van der Waals surface area contributed by atoms with E-state index in [1.54, 1.807) is 4.90 Å². The second-order valence-corrected chi connectivity index (χ2v) is 5.24. The lowest BCUT2D eigenvalue weighted by Crippen LogP contribution is -2.50. The Morgan fingerprint density at radius 2 is 1.82 bits per heavy atom. The molecule has 0 aromatic heterocycles. The summed E-state index contributed by atoms with van der Waals surface area (Å²) in [6.45, 7) is 1.27. The maximum Gasteiger partial charge on any atom is 0.321 e. The van der Waals surface area contributed by atoms with Crippen LogP contribution in [0.2, 0.25) is 0 Å². The summed E-state index contributed by atoms with van der Waals surface area (Å²) in [4.78, 5) is 25.8. The summed E-state index contributed by atoms with van der Waals surface area (Å²) in [5.74, 6) is -0.425. The Hall–Kier alpha value is -1.10. The predicted octanol–water partition coefficient (Wildman–Crippen LogP) is 0.329. The smallest absolute Gasteiger partial charge is 0.321 e. The first-order valence-electron chi connectivity index (χ1n) is 6.19. The second-order valence-electron chi connectivity index (χ2n) is 5.24. The van der Waals surface area contributed by atoms with Gasteiger partial charge in [0.05, 0.1) is 19.3 Å². The van der Waals surface area contributed by atoms with Gasteiger partial charge in [0.15, 0.2) is 0 Å². The third-order valence-corrected chi connectivity index (χ3v) is 4.07. The van der Waals surface area contributed by atoms with E-state index in [4.69, 9.17) is 9.47 Å². The highest BCUT2D eigenvalue weighted by Gasteiger charge is 2.60. The van der Waals surface area contributed by atoms with E-state index in [0.717, 1.165) is 12.8 Å². The second kappa shape index (κ2) is 3.70. The summed E-state index contributed by atoms with van der Waals surface area (Å²) in [6.07, 6.45) is 3.66. The van der Waals surface area contributed by atoms with Crippen molar-refractivity contribution in [1.82, 2.24) is 4.90 Å². The van der Waals surface area contributed by atoms with Crippen LogP contribution >= 0.6 is 0 Å². The van der Waals surface area contributed by atoms with Crippen molar-refractivity contribution in [2.24, 2.45) is 5.41 Å². The molecular weight excluding hydrogens is 222 g/mol. The van der Waals surface area contributed by atoms with Crippen LogP contribution < -0.4 is 0 Å². The van der Waals surface area contributed by atoms with Crippen molar-refractivity contribution in [3.8, 4) is 0 Å². The first-order valence-corrected chi connectivity index (χ1v) is 6.19. The standard InChI is InChI=1S/C12H17NO4/c1-16-11(15)12(4-5-12)10(14)13-6-8-2-3-9(7-13)17-8/h8-9H,2-7H2,1H3. The number of hydrogen-bond acceptors (Lipinski definition) is 4. The molecular formula is C12H17NO4. The lowest BCUT2D eigenvalue weighted by Gasteiger charge is -2.34. The minimum Gasteiger partial charge on any atom is -0.468 e. The molecule has 2 heterocycles. The van der Waals surface area contributed by atoms with Gasteiger partial charge in [-0.3, -0.25) is 9.59 Å². The van der Waals surface area contributed by atoms with Gasteiger partial charge in [-0.25, -0.2) is 0 Å². The number of carbonyl (C=O) groups is 2. The normalized spacial score (nSPS) is 33.4. The fraction of sp³-hybridized carbons (Fsp3) is 0.833. The molecule has 1 aliphatic carbocycles. The molecule has 17 heavy (non-hydrogen) atoms. The molecule has 3 rings (SSSR count). The number of esters is 1. The highest BCUT2D eigenvalue weighted by molar-refractivity contribution is 6.05. The number of fused-ring (bicyclic) bond motifs is 2. The lowest BCUT2D eigenvalue weighted by atomic mass is 10.1. The summed E-state index contributed by atoms with van der Waals surface area (Å²) in [6, 6.07) is 0.